The molecule has 0 amide bonds. The van der Waals surface area contributed by atoms with Crippen molar-refractivity contribution < 1.29 is 9.90 Å². The summed E-state index contributed by atoms with van der Waals surface area (Å²) in [4.78, 5) is 13.2. The first-order valence-corrected chi connectivity index (χ1v) is 5.81. The Labute approximate surface area is 91.6 Å². The first kappa shape index (κ1) is 12.5. The molecular weight excluding hydrogens is 192 g/mol. The molecule has 0 aliphatic carbocycles. The second-order valence-electron chi connectivity index (χ2n) is 4.45. The molecule has 0 aromatic rings. The summed E-state index contributed by atoms with van der Waals surface area (Å²) < 4.78 is 0. The van der Waals surface area contributed by atoms with E-state index in [1.807, 2.05) is 6.92 Å². The number of carbonyl (C=O) groups is 1. The molecule has 0 bridgehead atoms. The van der Waals surface area contributed by atoms with Gasteiger partial charge in [-0.05, 0) is 32.9 Å². The van der Waals surface area contributed by atoms with Crippen LogP contribution in [0.4, 0.5) is 0 Å². The molecule has 4 nitrogen and oxygen atoms in total. The maximum Gasteiger partial charge on any atom is 0.320 e. The number of likely N-dealkylation sites (tertiary alicyclic amines) is 1. The molecule has 1 aliphatic rings. The highest BCUT2D eigenvalue weighted by Gasteiger charge is 2.23. The molecule has 0 spiro atoms. The van der Waals surface area contributed by atoms with Crippen LogP contribution in [0.15, 0.2) is 0 Å². The number of nitrogens with one attached hydrogen (secondary N) is 1. The second-order valence-corrected chi connectivity index (χ2v) is 4.45. The number of likely N-dealkylation sites (N-methyl/N-ethyl adjacent to an activating group) is 1. The van der Waals surface area contributed by atoms with Crippen molar-refractivity contribution in [3.05, 3.63) is 0 Å². The Morgan fingerprint density at radius 2 is 2.40 bits per heavy atom. The first-order valence-electron chi connectivity index (χ1n) is 5.81. The lowest BCUT2D eigenvalue weighted by molar-refractivity contribution is -0.140. The van der Waals surface area contributed by atoms with Gasteiger partial charge in [0.2, 0.25) is 0 Å². The molecule has 0 aromatic heterocycles. The second kappa shape index (κ2) is 6.08. The van der Waals surface area contributed by atoms with Crippen LogP contribution in [0.5, 0.6) is 0 Å². The Bertz CT molecular complexity index is 209. The zero-order chi connectivity index (χ0) is 11.3. The molecule has 2 unspecified atom stereocenters. The van der Waals surface area contributed by atoms with Gasteiger partial charge in [0, 0.05) is 12.6 Å². The lowest BCUT2D eigenvalue weighted by Gasteiger charge is -2.32. The number of carboxylic acids is 1. The van der Waals surface area contributed by atoms with Crippen LogP contribution in [0, 0.1) is 0 Å². The molecule has 0 saturated carbocycles. The van der Waals surface area contributed by atoms with E-state index in [0.29, 0.717) is 6.04 Å². The summed E-state index contributed by atoms with van der Waals surface area (Å²) in [6.45, 7) is 4.11. The van der Waals surface area contributed by atoms with Crippen molar-refractivity contribution in [1.29, 1.82) is 0 Å². The highest BCUT2D eigenvalue weighted by atomic mass is 16.4. The highest BCUT2D eigenvalue weighted by Crippen LogP contribution is 2.10. The van der Waals surface area contributed by atoms with Crippen LogP contribution in [0.2, 0.25) is 0 Å². The van der Waals surface area contributed by atoms with Crippen molar-refractivity contribution in [3.8, 4) is 0 Å². The molecule has 4 heteroatoms. The quantitative estimate of drug-likeness (QED) is 0.714. The number of nitrogens with zero attached hydrogens (tertiary/aromatic N) is 1. The van der Waals surface area contributed by atoms with Crippen LogP contribution < -0.4 is 5.32 Å². The van der Waals surface area contributed by atoms with Crippen LogP contribution in [-0.4, -0.2) is 48.2 Å². The molecule has 1 aliphatic heterocycles. The third-order valence-electron chi connectivity index (χ3n) is 2.94. The molecule has 88 valence electrons. The van der Waals surface area contributed by atoms with Gasteiger partial charge >= 0.3 is 5.97 Å². The van der Waals surface area contributed by atoms with E-state index in [0.717, 1.165) is 38.8 Å². The van der Waals surface area contributed by atoms with E-state index >= 15 is 0 Å². The van der Waals surface area contributed by atoms with Gasteiger partial charge in [-0.3, -0.25) is 4.79 Å². The molecule has 15 heavy (non-hydrogen) atoms. The molecule has 1 rings (SSSR count). The van der Waals surface area contributed by atoms with E-state index in [-0.39, 0.29) is 6.04 Å². The van der Waals surface area contributed by atoms with Gasteiger partial charge in [0.15, 0.2) is 0 Å². The molecule has 2 atom stereocenters. The minimum atomic E-state index is -0.718. The van der Waals surface area contributed by atoms with Crippen molar-refractivity contribution >= 4 is 5.97 Å². The average Bonchev–Trinajstić information content (AvgIpc) is 2.17. The average molecular weight is 214 g/mol. The van der Waals surface area contributed by atoms with Gasteiger partial charge in [-0.25, -0.2) is 0 Å². The normalized spacial score (nSPS) is 25.1. The largest absolute Gasteiger partial charge is 0.480 e. The zero-order valence-corrected chi connectivity index (χ0v) is 9.70. The fraction of sp³-hybridized carbons (Fsp3) is 0.909. The number of carboxylic acid groups (broad SMARTS) is 1. The number of rotatable bonds is 5. The summed E-state index contributed by atoms with van der Waals surface area (Å²) >= 11 is 0. The minimum Gasteiger partial charge on any atom is -0.480 e. The molecule has 0 radical (unpaired) electrons. The predicted octanol–water partition coefficient (Wildman–Crippen LogP) is 0.923. The Kier molecular flexibility index (Phi) is 5.05. The topological polar surface area (TPSA) is 52.6 Å². The zero-order valence-electron chi connectivity index (χ0n) is 9.70. The van der Waals surface area contributed by atoms with Crippen LogP contribution >= 0.6 is 0 Å². The fourth-order valence-corrected chi connectivity index (χ4v) is 2.15. The third-order valence-corrected chi connectivity index (χ3v) is 2.94. The van der Waals surface area contributed by atoms with Crippen molar-refractivity contribution in [3.63, 3.8) is 0 Å². The lowest BCUT2D eigenvalue weighted by Crippen LogP contribution is -2.50. The predicted molar refractivity (Wildman–Crippen MR) is 60.0 cm³/mol. The first-order chi connectivity index (χ1) is 7.13. The van der Waals surface area contributed by atoms with E-state index in [1.165, 1.54) is 0 Å². The third kappa shape index (κ3) is 4.18. The smallest absolute Gasteiger partial charge is 0.320 e. The molecule has 1 saturated heterocycles. The van der Waals surface area contributed by atoms with Crippen molar-refractivity contribution in [1.82, 2.24) is 10.2 Å². The van der Waals surface area contributed by atoms with Crippen molar-refractivity contribution in [2.45, 2.75) is 44.7 Å². The van der Waals surface area contributed by atoms with Gasteiger partial charge < -0.3 is 15.3 Å². The Balaban J connectivity index is 2.39. The summed E-state index contributed by atoms with van der Waals surface area (Å²) in [7, 11) is 2.09. The SMILES string of the molecule is CCCC(NC1CCCN(C)C1)C(=O)O. The standard InChI is InChI=1S/C11H22N2O2/c1-3-5-10(11(14)15)12-9-6-4-7-13(2)8-9/h9-10,12H,3-8H2,1-2H3,(H,14,15). The summed E-state index contributed by atoms with van der Waals surface area (Å²) in [6, 6.07) is -0.0251. The highest BCUT2D eigenvalue weighted by molar-refractivity contribution is 5.73. The number of aliphatic carboxylic acids is 1. The monoisotopic (exact) mass is 214 g/mol. The van der Waals surface area contributed by atoms with Crippen molar-refractivity contribution in [2.75, 3.05) is 20.1 Å². The van der Waals surface area contributed by atoms with Gasteiger partial charge in [0.1, 0.15) is 6.04 Å². The van der Waals surface area contributed by atoms with Crippen LogP contribution in [0.1, 0.15) is 32.6 Å². The van der Waals surface area contributed by atoms with Crippen LogP contribution in [0.25, 0.3) is 0 Å². The number of piperidine rings is 1. The lowest BCUT2D eigenvalue weighted by atomic mass is 10.0. The maximum atomic E-state index is 11.0. The van der Waals surface area contributed by atoms with E-state index in [4.69, 9.17) is 5.11 Å². The molecular formula is C11H22N2O2. The minimum absolute atomic E-state index is 0.344. The van der Waals surface area contributed by atoms with Gasteiger partial charge in [0.05, 0.1) is 0 Å². The number of hydrogen-bond donors (Lipinski definition) is 2. The summed E-state index contributed by atoms with van der Waals surface area (Å²) in [5, 5.41) is 12.3. The fourth-order valence-electron chi connectivity index (χ4n) is 2.15. The Hall–Kier alpha value is -0.610. The summed E-state index contributed by atoms with van der Waals surface area (Å²) in [5.41, 5.74) is 0. The van der Waals surface area contributed by atoms with E-state index < -0.39 is 5.97 Å². The van der Waals surface area contributed by atoms with Crippen LogP contribution in [-0.2, 0) is 4.79 Å². The Morgan fingerprint density at radius 3 is 2.93 bits per heavy atom. The van der Waals surface area contributed by atoms with Gasteiger partial charge in [-0.15, -0.1) is 0 Å². The van der Waals surface area contributed by atoms with E-state index in [1.54, 1.807) is 0 Å². The molecule has 0 aromatic carbocycles. The van der Waals surface area contributed by atoms with Crippen LogP contribution in [0.3, 0.4) is 0 Å². The van der Waals surface area contributed by atoms with Gasteiger partial charge in [0.25, 0.3) is 0 Å². The molecule has 1 heterocycles. The van der Waals surface area contributed by atoms with E-state index in [9.17, 15) is 4.79 Å². The van der Waals surface area contributed by atoms with Gasteiger partial charge in [-0.1, -0.05) is 13.3 Å². The Morgan fingerprint density at radius 1 is 1.67 bits per heavy atom. The van der Waals surface area contributed by atoms with Gasteiger partial charge in [-0.2, -0.15) is 0 Å². The van der Waals surface area contributed by atoms with Crippen molar-refractivity contribution in [2.24, 2.45) is 0 Å². The summed E-state index contributed by atoms with van der Waals surface area (Å²) in [6.07, 6.45) is 3.88. The summed E-state index contributed by atoms with van der Waals surface area (Å²) in [5.74, 6) is -0.718. The molecule has 2 N–H and O–H groups in total. The van der Waals surface area contributed by atoms with E-state index in [2.05, 4.69) is 17.3 Å². The number of hydrogen-bond acceptors (Lipinski definition) is 3. The molecule has 1 fully saturated rings. The maximum absolute atomic E-state index is 11.0.